The van der Waals surface area contributed by atoms with Crippen LogP contribution < -0.4 is 0 Å². The Hall–Kier alpha value is -1.78. The van der Waals surface area contributed by atoms with E-state index in [4.69, 9.17) is 11.6 Å². The van der Waals surface area contributed by atoms with Crippen molar-refractivity contribution in [3.63, 3.8) is 0 Å². The Kier molecular flexibility index (Phi) is 6.25. The van der Waals surface area contributed by atoms with Crippen molar-refractivity contribution in [2.75, 3.05) is 0 Å². The molecule has 0 spiro atoms. The summed E-state index contributed by atoms with van der Waals surface area (Å²) in [5, 5.41) is 9.04. The van der Waals surface area contributed by atoms with Crippen molar-refractivity contribution in [3.8, 4) is 11.1 Å². The van der Waals surface area contributed by atoms with E-state index in [1.165, 1.54) is 0 Å². The molecule has 0 saturated carbocycles. The zero-order valence-electron chi connectivity index (χ0n) is 12.7. The Balaban J connectivity index is 2.24. The SMILES string of the molecule is CCCC(=O)SC(C(=O)O)c1ccc(-c2ccccc2Cl)cc1. The van der Waals surface area contributed by atoms with Gasteiger partial charge in [-0.3, -0.25) is 9.59 Å². The van der Waals surface area contributed by atoms with E-state index in [1.807, 2.05) is 43.3 Å². The highest BCUT2D eigenvalue weighted by Crippen LogP contribution is 2.33. The summed E-state index contributed by atoms with van der Waals surface area (Å²) in [5.74, 6) is -1.01. The van der Waals surface area contributed by atoms with Crippen LogP contribution in [0.5, 0.6) is 0 Å². The number of hydrogen-bond acceptors (Lipinski definition) is 3. The first kappa shape index (κ1) is 17.6. The van der Waals surface area contributed by atoms with E-state index in [-0.39, 0.29) is 5.12 Å². The minimum Gasteiger partial charge on any atom is -0.480 e. The molecular weight excluding hydrogens is 332 g/mol. The quantitative estimate of drug-likeness (QED) is 0.780. The molecule has 120 valence electrons. The highest BCUT2D eigenvalue weighted by atomic mass is 35.5. The minimum atomic E-state index is -1.01. The molecule has 0 aliphatic heterocycles. The lowest BCUT2D eigenvalue weighted by Crippen LogP contribution is -2.10. The standard InChI is InChI=1S/C18H17ClO3S/c1-2-5-16(20)23-17(18(21)22)13-10-8-12(9-11-13)14-6-3-4-7-15(14)19/h3-4,6-11,17H,2,5H2,1H3,(H,21,22). The molecule has 0 fully saturated rings. The van der Waals surface area contributed by atoms with Crippen LogP contribution in [-0.4, -0.2) is 16.2 Å². The first-order chi connectivity index (χ1) is 11.0. The molecule has 3 nitrogen and oxygen atoms in total. The lowest BCUT2D eigenvalue weighted by Gasteiger charge is -2.12. The Morgan fingerprint density at radius 2 is 1.78 bits per heavy atom. The molecule has 0 radical (unpaired) electrons. The van der Waals surface area contributed by atoms with Gasteiger partial charge < -0.3 is 5.11 Å². The summed E-state index contributed by atoms with van der Waals surface area (Å²) in [7, 11) is 0. The summed E-state index contributed by atoms with van der Waals surface area (Å²) in [5.41, 5.74) is 2.40. The Morgan fingerprint density at radius 1 is 1.13 bits per heavy atom. The van der Waals surface area contributed by atoms with Gasteiger partial charge in [0, 0.05) is 17.0 Å². The molecule has 23 heavy (non-hydrogen) atoms. The Bertz CT molecular complexity index is 698. The molecule has 2 rings (SSSR count). The molecule has 0 bridgehead atoms. The van der Waals surface area contributed by atoms with Gasteiger partial charge in [0.05, 0.1) is 0 Å². The molecule has 1 unspecified atom stereocenters. The van der Waals surface area contributed by atoms with Crippen LogP contribution in [-0.2, 0) is 9.59 Å². The van der Waals surface area contributed by atoms with Crippen LogP contribution in [0.3, 0.4) is 0 Å². The van der Waals surface area contributed by atoms with Crippen molar-refractivity contribution in [1.29, 1.82) is 0 Å². The second-order valence-corrected chi connectivity index (χ2v) is 6.63. The van der Waals surface area contributed by atoms with Gasteiger partial charge >= 0.3 is 5.97 Å². The Labute approximate surface area is 144 Å². The fourth-order valence-electron chi connectivity index (χ4n) is 2.19. The number of carboxylic acid groups (broad SMARTS) is 1. The van der Waals surface area contributed by atoms with Crippen molar-refractivity contribution in [2.45, 2.75) is 25.0 Å². The maximum atomic E-state index is 11.7. The van der Waals surface area contributed by atoms with Crippen LogP contribution in [0.2, 0.25) is 5.02 Å². The van der Waals surface area contributed by atoms with E-state index in [2.05, 4.69) is 0 Å². The number of halogens is 1. The van der Waals surface area contributed by atoms with Gasteiger partial charge in [0.15, 0.2) is 5.12 Å². The number of carboxylic acids is 1. The average molecular weight is 349 g/mol. The normalized spacial score (nSPS) is 11.9. The molecule has 0 aliphatic rings. The van der Waals surface area contributed by atoms with Crippen LogP contribution in [0.25, 0.3) is 11.1 Å². The third kappa shape index (κ3) is 4.60. The van der Waals surface area contributed by atoms with Gasteiger partial charge in [-0.25, -0.2) is 0 Å². The number of aliphatic carboxylic acids is 1. The molecule has 2 aromatic carbocycles. The fourth-order valence-corrected chi connectivity index (χ4v) is 3.41. The van der Waals surface area contributed by atoms with Gasteiger partial charge in [-0.2, -0.15) is 0 Å². The van der Waals surface area contributed by atoms with E-state index in [9.17, 15) is 14.7 Å². The summed E-state index contributed by atoms with van der Waals surface area (Å²) in [6.45, 7) is 1.90. The van der Waals surface area contributed by atoms with Gasteiger partial charge in [0.2, 0.25) is 0 Å². The van der Waals surface area contributed by atoms with Crippen LogP contribution in [0.4, 0.5) is 0 Å². The second-order valence-electron chi connectivity index (χ2n) is 5.06. The van der Waals surface area contributed by atoms with Crippen LogP contribution >= 0.6 is 23.4 Å². The van der Waals surface area contributed by atoms with E-state index < -0.39 is 11.2 Å². The maximum Gasteiger partial charge on any atom is 0.321 e. The topological polar surface area (TPSA) is 54.4 Å². The monoisotopic (exact) mass is 348 g/mol. The smallest absolute Gasteiger partial charge is 0.321 e. The molecule has 1 N–H and O–H groups in total. The van der Waals surface area contributed by atoms with Crippen molar-refractivity contribution in [2.24, 2.45) is 0 Å². The van der Waals surface area contributed by atoms with E-state index >= 15 is 0 Å². The maximum absolute atomic E-state index is 11.7. The van der Waals surface area contributed by atoms with E-state index in [1.54, 1.807) is 12.1 Å². The second kappa shape index (κ2) is 8.18. The van der Waals surface area contributed by atoms with Crippen molar-refractivity contribution >= 4 is 34.4 Å². The third-order valence-corrected chi connectivity index (χ3v) is 4.83. The number of benzene rings is 2. The van der Waals surface area contributed by atoms with Gasteiger partial charge in [-0.1, -0.05) is 72.8 Å². The third-order valence-electron chi connectivity index (χ3n) is 3.33. The van der Waals surface area contributed by atoms with Crippen LogP contribution in [0, 0.1) is 0 Å². The zero-order valence-corrected chi connectivity index (χ0v) is 14.2. The molecule has 0 aromatic heterocycles. The van der Waals surface area contributed by atoms with Crippen molar-refractivity contribution in [1.82, 2.24) is 0 Å². The summed E-state index contributed by atoms with van der Waals surface area (Å²) < 4.78 is 0. The van der Waals surface area contributed by atoms with Gasteiger partial charge in [0.25, 0.3) is 0 Å². The lowest BCUT2D eigenvalue weighted by molar-refractivity contribution is -0.136. The average Bonchev–Trinajstić information content (AvgIpc) is 2.53. The van der Waals surface area contributed by atoms with Gasteiger partial charge in [-0.15, -0.1) is 0 Å². The molecule has 5 heteroatoms. The largest absolute Gasteiger partial charge is 0.480 e. The Morgan fingerprint density at radius 3 is 2.35 bits per heavy atom. The molecule has 2 aromatic rings. The summed E-state index contributed by atoms with van der Waals surface area (Å²) in [4.78, 5) is 23.2. The van der Waals surface area contributed by atoms with Crippen molar-refractivity contribution < 1.29 is 14.7 Å². The molecule has 1 atom stereocenters. The fraction of sp³-hybridized carbons (Fsp3) is 0.222. The van der Waals surface area contributed by atoms with Gasteiger partial charge in [-0.05, 0) is 23.6 Å². The molecule has 0 aliphatic carbocycles. The first-order valence-corrected chi connectivity index (χ1v) is 8.56. The van der Waals surface area contributed by atoms with Crippen LogP contribution in [0.1, 0.15) is 30.6 Å². The number of carbonyl (C=O) groups is 2. The highest BCUT2D eigenvalue weighted by molar-refractivity contribution is 8.14. The van der Waals surface area contributed by atoms with E-state index in [0.29, 0.717) is 23.4 Å². The molecule has 0 heterocycles. The number of rotatable bonds is 6. The summed E-state index contributed by atoms with van der Waals surface area (Å²) in [6, 6.07) is 14.6. The lowest BCUT2D eigenvalue weighted by atomic mass is 10.0. The number of carbonyl (C=O) groups excluding carboxylic acids is 1. The van der Waals surface area contributed by atoms with E-state index in [0.717, 1.165) is 22.9 Å². The molecule has 0 amide bonds. The molecular formula is C18H17ClO3S. The van der Waals surface area contributed by atoms with Gasteiger partial charge in [0.1, 0.15) is 5.25 Å². The number of thioether (sulfide) groups is 1. The zero-order chi connectivity index (χ0) is 16.8. The first-order valence-electron chi connectivity index (χ1n) is 7.30. The highest BCUT2D eigenvalue weighted by Gasteiger charge is 2.23. The van der Waals surface area contributed by atoms with Crippen molar-refractivity contribution in [3.05, 3.63) is 59.1 Å². The summed E-state index contributed by atoms with van der Waals surface area (Å²) >= 11 is 7.04. The van der Waals surface area contributed by atoms with Crippen LogP contribution in [0.15, 0.2) is 48.5 Å². The summed E-state index contributed by atoms with van der Waals surface area (Å²) in [6.07, 6.45) is 1.09. The predicted molar refractivity (Wildman–Crippen MR) is 94.8 cm³/mol. The number of hydrogen-bond donors (Lipinski definition) is 1. The molecule has 0 saturated heterocycles. The predicted octanol–water partition coefficient (Wildman–Crippen LogP) is 5.19. The minimum absolute atomic E-state index is 0.102.